The van der Waals surface area contributed by atoms with Crippen LogP contribution in [0.4, 0.5) is 11.5 Å². The van der Waals surface area contributed by atoms with E-state index in [1.54, 1.807) is 0 Å². The number of methoxy groups -OCH3 is 1. The summed E-state index contributed by atoms with van der Waals surface area (Å²) in [4.78, 5) is 27.1. The maximum absolute atomic E-state index is 11.6. The fraction of sp³-hybridized carbons (Fsp3) is 0.462. The Balaban J connectivity index is 1.88. The fourth-order valence-corrected chi connectivity index (χ4v) is 1.74. The molecule has 7 heteroatoms. The van der Waals surface area contributed by atoms with Crippen LogP contribution in [0.25, 0.3) is 0 Å². The molecular formula is C13H18N4O3. The summed E-state index contributed by atoms with van der Waals surface area (Å²) in [5.74, 6) is 0.168. The number of nitrogens with zero attached hydrogens (tertiary/aromatic N) is 1. The van der Waals surface area contributed by atoms with E-state index in [1.807, 2.05) is 0 Å². The number of amides is 1. The second kappa shape index (κ2) is 6.23. The van der Waals surface area contributed by atoms with E-state index in [9.17, 15) is 9.59 Å². The highest BCUT2D eigenvalue weighted by molar-refractivity contribution is 5.95. The monoisotopic (exact) mass is 278 g/mol. The number of anilines is 2. The number of esters is 1. The largest absolute Gasteiger partial charge is 0.465 e. The standard InChI is InChI=1S/C13H18N4O3/c1-20-13(19)10-6-9(14)7-17-11(10)15-4-5-16-12(18)8-2-3-8/h6-8H,2-5,14H2,1H3,(H,15,17)(H,16,18). The van der Waals surface area contributed by atoms with Gasteiger partial charge in [0.2, 0.25) is 5.91 Å². The van der Waals surface area contributed by atoms with Crippen LogP contribution in [0.3, 0.4) is 0 Å². The van der Waals surface area contributed by atoms with Crippen LogP contribution in [0.2, 0.25) is 0 Å². The SMILES string of the molecule is COC(=O)c1cc(N)cnc1NCCNC(=O)C1CC1. The van der Waals surface area contributed by atoms with E-state index < -0.39 is 5.97 Å². The molecule has 1 aromatic rings. The summed E-state index contributed by atoms with van der Waals surface area (Å²) in [6.07, 6.45) is 3.41. The Labute approximate surface area is 116 Å². The number of ether oxygens (including phenoxy) is 1. The van der Waals surface area contributed by atoms with Gasteiger partial charge in [-0.2, -0.15) is 0 Å². The van der Waals surface area contributed by atoms with E-state index in [2.05, 4.69) is 20.4 Å². The Morgan fingerprint density at radius 3 is 2.85 bits per heavy atom. The zero-order valence-corrected chi connectivity index (χ0v) is 11.3. The van der Waals surface area contributed by atoms with E-state index >= 15 is 0 Å². The van der Waals surface area contributed by atoms with E-state index in [1.165, 1.54) is 19.4 Å². The first-order valence-electron chi connectivity index (χ1n) is 6.47. The van der Waals surface area contributed by atoms with E-state index in [0.717, 1.165) is 12.8 Å². The summed E-state index contributed by atoms with van der Waals surface area (Å²) in [6.45, 7) is 0.946. The maximum atomic E-state index is 11.6. The number of aromatic nitrogens is 1. The highest BCUT2D eigenvalue weighted by atomic mass is 16.5. The van der Waals surface area contributed by atoms with Crippen LogP contribution < -0.4 is 16.4 Å². The third kappa shape index (κ3) is 3.59. The van der Waals surface area contributed by atoms with E-state index in [-0.39, 0.29) is 17.4 Å². The number of hydrogen-bond acceptors (Lipinski definition) is 6. The van der Waals surface area contributed by atoms with Gasteiger partial charge in [-0.05, 0) is 18.9 Å². The van der Waals surface area contributed by atoms with Crippen molar-refractivity contribution in [1.29, 1.82) is 0 Å². The summed E-state index contributed by atoms with van der Waals surface area (Å²) in [5.41, 5.74) is 6.27. The number of nitrogens with two attached hydrogens (primary N) is 1. The summed E-state index contributed by atoms with van der Waals surface area (Å²) < 4.78 is 4.67. The molecule has 0 bridgehead atoms. The quantitative estimate of drug-likeness (QED) is 0.513. The number of nitrogens with one attached hydrogen (secondary N) is 2. The average Bonchev–Trinajstić information content (AvgIpc) is 3.28. The van der Waals surface area contributed by atoms with Crippen LogP contribution in [-0.2, 0) is 9.53 Å². The minimum absolute atomic E-state index is 0.0882. The molecular weight excluding hydrogens is 260 g/mol. The van der Waals surface area contributed by atoms with Gasteiger partial charge in [0.05, 0.1) is 19.0 Å². The predicted octanol–water partition coefficient (Wildman–Crippen LogP) is 0.388. The van der Waals surface area contributed by atoms with E-state index in [4.69, 9.17) is 5.73 Å². The Bertz CT molecular complexity index is 514. The molecule has 1 aromatic heterocycles. The molecule has 20 heavy (non-hydrogen) atoms. The molecule has 108 valence electrons. The molecule has 1 amide bonds. The number of carbonyl (C=O) groups is 2. The smallest absolute Gasteiger partial charge is 0.341 e. The van der Waals surface area contributed by atoms with Crippen molar-refractivity contribution < 1.29 is 14.3 Å². The van der Waals surface area contributed by atoms with Crippen molar-refractivity contribution in [3.63, 3.8) is 0 Å². The summed E-state index contributed by atoms with van der Waals surface area (Å²) in [7, 11) is 1.30. The minimum Gasteiger partial charge on any atom is -0.465 e. The zero-order chi connectivity index (χ0) is 14.5. The molecule has 0 aliphatic heterocycles. The molecule has 0 radical (unpaired) electrons. The lowest BCUT2D eigenvalue weighted by atomic mass is 10.2. The van der Waals surface area contributed by atoms with Gasteiger partial charge in [-0.25, -0.2) is 9.78 Å². The lowest BCUT2D eigenvalue weighted by Gasteiger charge is -2.10. The van der Waals surface area contributed by atoms with Gasteiger partial charge in [-0.15, -0.1) is 0 Å². The third-order valence-electron chi connectivity index (χ3n) is 2.98. The molecule has 2 rings (SSSR count). The molecule has 7 nitrogen and oxygen atoms in total. The van der Waals surface area contributed by atoms with Gasteiger partial charge in [0.25, 0.3) is 0 Å². The van der Waals surface area contributed by atoms with Crippen molar-refractivity contribution >= 4 is 23.4 Å². The van der Waals surface area contributed by atoms with Crippen molar-refractivity contribution in [2.24, 2.45) is 5.92 Å². The van der Waals surface area contributed by atoms with Crippen molar-refractivity contribution in [2.45, 2.75) is 12.8 Å². The molecule has 1 saturated carbocycles. The van der Waals surface area contributed by atoms with Crippen LogP contribution in [0.5, 0.6) is 0 Å². The molecule has 0 saturated heterocycles. The molecule has 0 spiro atoms. The molecule has 1 fully saturated rings. The van der Waals surface area contributed by atoms with Crippen LogP contribution in [0.1, 0.15) is 23.2 Å². The maximum Gasteiger partial charge on any atom is 0.341 e. The summed E-state index contributed by atoms with van der Waals surface area (Å²) in [6, 6.07) is 1.50. The van der Waals surface area contributed by atoms with Gasteiger partial charge >= 0.3 is 5.97 Å². The third-order valence-corrected chi connectivity index (χ3v) is 2.98. The summed E-state index contributed by atoms with van der Waals surface area (Å²) >= 11 is 0. The molecule has 1 aliphatic carbocycles. The number of rotatable bonds is 6. The van der Waals surface area contributed by atoms with Gasteiger partial charge in [0.1, 0.15) is 11.4 Å². The topological polar surface area (TPSA) is 106 Å². The Kier molecular flexibility index (Phi) is 4.39. The van der Waals surface area contributed by atoms with Crippen LogP contribution >= 0.6 is 0 Å². The lowest BCUT2D eigenvalue weighted by Crippen LogP contribution is -2.30. The van der Waals surface area contributed by atoms with Gasteiger partial charge in [0.15, 0.2) is 0 Å². The molecule has 0 unspecified atom stereocenters. The molecule has 4 N–H and O–H groups in total. The van der Waals surface area contributed by atoms with E-state index in [0.29, 0.717) is 24.6 Å². The molecule has 0 aromatic carbocycles. The van der Waals surface area contributed by atoms with Gasteiger partial charge in [-0.3, -0.25) is 4.79 Å². The number of hydrogen-bond donors (Lipinski definition) is 3. The second-order valence-electron chi connectivity index (χ2n) is 4.65. The first-order chi connectivity index (χ1) is 9.61. The van der Waals surface area contributed by atoms with Crippen molar-refractivity contribution in [2.75, 3.05) is 31.2 Å². The predicted molar refractivity (Wildman–Crippen MR) is 74.2 cm³/mol. The number of nitrogen functional groups attached to an aromatic ring is 1. The molecule has 0 atom stereocenters. The van der Waals surface area contributed by atoms with Crippen molar-refractivity contribution in [1.82, 2.24) is 10.3 Å². The van der Waals surface area contributed by atoms with Gasteiger partial charge in [0, 0.05) is 19.0 Å². The fourth-order valence-electron chi connectivity index (χ4n) is 1.74. The van der Waals surface area contributed by atoms with Crippen LogP contribution in [-0.4, -0.2) is 37.1 Å². The van der Waals surface area contributed by atoms with Gasteiger partial charge in [-0.1, -0.05) is 0 Å². The number of carbonyl (C=O) groups excluding carboxylic acids is 2. The first kappa shape index (κ1) is 14.1. The minimum atomic E-state index is -0.505. The normalized spacial score (nSPS) is 13.7. The zero-order valence-electron chi connectivity index (χ0n) is 11.3. The number of pyridine rings is 1. The highest BCUT2D eigenvalue weighted by Crippen LogP contribution is 2.28. The van der Waals surface area contributed by atoms with Gasteiger partial charge < -0.3 is 21.1 Å². The van der Waals surface area contributed by atoms with Crippen LogP contribution in [0, 0.1) is 5.92 Å². The first-order valence-corrected chi connectivity index (χ1v) is 6.47. The second-order valence-corrected chi connectivity index (χ2v) is 4.65. The molecule has 1 heterocycles. The van der Waals surface area contributed by atoms with Crippen molar-refractivity contribution in [3.05, 3.63) is 17.8 Å². The lowest BCUT2D eigenvalue weighted by molar-refractivity contribution is -0.122. The Morgan fingerprint density at radius 2 is 2.20 bits per heavy atom. The Morgan fingerprint density at radius 1 is 1.45 bits per heavy atom. The highest BCUT2D eigenvalue weighted by Gasteiger charge is 2.28. The summed E-state index contributed by atoms with van der Waals surface area (Å²) in [5, 5.41) is 5.81. The Hall–Kier alpha value is -2.31. The van der Waals surface area contributed by atoms with Crippen molar-refractivity contribution in [3.8, 4) is 0 Å². The average molecular weight is 278 g/mol. The molecule has 1 aliphatic rings. The van der Waals surface area contributed by atoms with Crippen LogP contribution in [0.15, 0.2) is 12.3 Å².